The third kappa shape index (κ3) is 7.86. The Hall–Kier alpha value is -0.370. The van der Waals surface area contributed by atoms with Crippen LogP contribution in [-0.2, 0) is 14.8 Å². The molecule has 0 bridgehead atoms. The van der Waals surface area contributed by atoms with Crippen LogP contribution in [0.3, 0.4) is 0 Å². The van der Waals surface area contributed by atoms with Crippen LogP contribution in [-0.4, -0.2) is 39.2 Å². The van der Waals surface area contributed by atoms with Crippen LogP contribution in [0.15, 0.2) is 0 Å². The second-order valence-electron chi connectivity index (χ2n) is 4.00. The van der Waals surface area contributed by atoms with Crippen molar-refractivity contribution in [2.75, 3.05) is 18.8 Å². The minimum Gasteiger partial charge on any atom is -0.353 e. The van der Waals surface area contributed by atoms with Gasteiger partial charge in [-0.1, -0.05) is 20.3 Å². The average molecular weight is 302 g/mol. The Balaban J connectivity index is 0. The molecule has 0 rings (SSSR count). The molecule has 2 unspecified atom stereocenters. The zero-order valence-electron chi connectivity index (χ0n) is 11.1. The summed E-state index contributed by atoms with van der Waals surface area (Å²) in [6, 6.07) is -0.539. The van der Waals surface area contributed by atoms with E-state index in [1.807, 2.05) is 13.8 Å². The highest BCUT2D eigenvalue weighted by Gasteiger charge is 2.18. The van der Waals surface area contributed by atoms with Gasteiger partial charge in [-0.05, 0) is 12.8 Å². The van der Waals surface area contributed by atoms with Crippen LogP contribution in [0.25, 0.3) is 0 Å². The summed E-state index contributed by atoms with van der Waals surface area (Å²) >= 11 is 0. The lowest BCUT2D eigenvalue weighted by Gasteiger charge is -2.17. The lowest BCUT2D eigenvalue weighted by Crippen LogP contribution is -2.46. The Morgan fingerprint density at radius 1 is 1.28 bits per heavy atom. The molecule has 110 valence electrons. The van der Waals surface area contributed by atoms with Gasteiger partial charge in [0.2, 0.25) is 15.9 Å². The molecule has 0 saturated carbocycles. The number of carbonyl (C=O) groups excluding carboxylic acids is 1. The van der Waals surface area contributed by atoms with Gasteiger partial charge in [0.05, 0.1) is 11.8 Å². The molecule has 4 N–H and O–H groups in total. The van der Waals surface area contributed by atoms with Crippen LogP contribution in [0.2, 0.25) is 0 Å². The van der Waals surface area contributed by atoms with E-state index in [4.69, 9.17) is 5.73 Å². The highest BCUT2D eigenvalue weighted by Crippen LogP contribution is 2.04. The molecule has 0 radical (unpaired) electrons. The molecule has 18 heavy (non-hydrogen) atoms. The molecule has 6 nitrogen and oxygen atoms in total. The number of rotatable bonds is 8. The van der Waals surface area contributed by atoms with E-state index in [-0.39, 0.29) is 43.1 Å². The zero-order valence-corrected chi connectivity index (χ0v) is 12.7. The predicted molar refractivity (Wildman–Crippen MR) is 75.2 cm³/mol. The standard InChI is InChI=1S/C10H23N3O3S.ClH/c1-4-8(3)9(11)10(14)12-6-7-13-17(15,16)5-2;/h8-9,13H,4-7,11H2,1-3H3,(H,12,14);1H. The number of nitrogens with two attached hydrogens (primary N) is 1. The molecular formula is C10H24ClN3O3S. The van der Waals surface area contributed by atoms with Crippen molar-refractivity contribution in [3.63, 3.8) is 0 Å². The molecule has 0 aromatic carbocycles. The lowest BCUT2D eigenvalue weighted by molar-refractivity contribution is -0.123. The van der Waals surface area contributed by atoms with Crippen LogP contribution < -0.4 is 15.8 Å². The number of hydrogen-bond donors (Lipinski definition) is 3. The maximum atomic E-state index is 11.5. The van der Waals surface area contributed by atoms with Crippen molar-refractivity contribution in [1.29, 1.82) is 0 Å². The summed E-state index contributed by atoms with van der Waals surface area (Å²) in [7, 11) is -3.19. The molecule has 2 atom stereocenters. The number of hydrogen-bond acceptors (Lipinski definition) is 4. The smallest absolute Gasteiger partial charge is 0.237 e. The van der Waals surface area contributed by atoms with Crippen LogP contribution in [0.5, 0.6) is 0 Å². The van der Waals surface area contributed by atoms with Crippen molar-refractivity contribution in [3.05, 3.63) is 0 Å². The molecule has 0 aliphatic heterocycles. The van der Waals surface area contributed by atoms with Crippen molar-refractivity contribution in [2.45, 2.75) is 33.2 Å². The molecule has 0 heterocycles. The number of carbonyl (C=O) groups is 1. The highest BCUT2D eigenvalue weighted by atomic mass is 35.5. The second-order valence-corrected chi connectivity index (χ2v) is 6.10. The quantitative estimate of drug-likeness (QED) is 0.542. The summed E-state index contributed by atoms with van der Waals surface area (Å²) in [4.78, 5) is 11.5. The molecule has 0 saturated heterocycles. The number of amides is 1. The Morgan fingerprint density at radius 3 is 2.28 bits per heavy atom. The maximum Gasteiger partial charge on any atom is 0.237 e. The minimum absolute atomic E-state index is 0. The molecule has 0 aliphatic rings. The Bertz CT molecular complexity index is 335. The first-order chi connectivity index (χ1) is 7.84. The van der Waals surface area contributed by atoms with Crippen LogP contribution in [0.4, 0.5) is 0 Å². The van der Waals surface area contributed by atoms with Crippen LogP contribution in [0, 0.1) is 5.92 Å². The van der Waals surface area contributed by atoms with Gasteiger partial charge >= 0.3 is 0 Å². The van der Waals surface area contributed by atoms with E-state index in [0.717, 1.165) is 6.42 Å². The van der Waals surface area contributed by atoms with Crippen molar-refractivity contribution < 1.29 is 13.2 Å². The van der Waals surface area contributed by atoms with E-state index >= 15 is 0 Å². The van der Waals surface area contributed by atoms with Gasteiger partial charge in [0, 0.05) is 13.1 Å². The topological polar surface area (TPSA) is 101 Å². The van der Waals surface area contributed by atoms with Gasteiger partial charge in [0.15, 0.2) is 0 Å². The Morgan fingerprint density at radius 2 is 1.83 bits per heavy atom. The monoisotopic (exact) mass is 301 g/mol. The molecule has 8 heteroatoms. The van der Waals surface area contributed by atoms with Gasteiger partial charge in [0.1, 0.15) is 0 Å². The number of sulfonamides is 1. The summed E-state index contributed by atoms with van der Waals surface area (Å²) in [6.07, 6.45) is 0.830. The van der Waals surface area contributed by atoms with Crippen molar-refractivity contribution in [3.8, 4) is 0 Å². The fourth-order valence-corrected chi connectivity index (χ4v) is 1.74. The first kappa shape index (κ1) is 20.0. The highest BCUT2D eigenvalue weighted by molar-refractivity contribution is 7.89. The first-order valence-electron chi connectivity index (χ1n) is 5.84. The normalized spacial score (nSPS) is 14.4. The largest absolute Gasteiger partial charge is 0.353 e. The third-order valence-electron chi connectivity index (χ3n) is 2.69. The predicted octanol–water partition coefficient (Wildman–Crippen LogP) is -0.163. The van der Waals surface area contributed by atoms with Crippen LogP contribution >= 0.6 is 12.4 Å². The molecule has 1 amide bonds. The van der Waals surface area contributed by atoms with E-state index in [0.29, 0.717) is 0 Å². The van der Waals surface area contributed by atoms with E-state index in [2.05, 4.69) is 10.0 Å². The fourth-order valence-electron chi connectivity index (χ4n) is 1.12. The van der Waals surface area contributed by atoms with Crippen molar-refractivity contribution in [1.82, 2.24) is 10.0 Å². The van der Waals surface area contributed by atoms with Gasteiger partial charge < -0.3 is 11.1 Å². The average Bonchev–Trinajstić information content (AvgIpc) is 2.32. The van der Waals surface area contributed by atoms with Crippen molar-refractivity contribution >= 4 is 28.3 Å². The summed E-state index contributed by atoms with van der Waals surface area (Å²) in [5.74, 6) is -0.0924. The summed E-state index contributed by atoms with van der Waals surface area (Å²) in [5, 5.41) is 2.60. The molecule has 0 spiro atoms. The van der Waals surface area contributed by atoms with Crippen molar-refractivity contribution in [2.24, 2.45) is 11.7 Å². The number of halogens is 1. The first-order valence-corrected chi connectivity index (χ1v) is 7.49. The van der Waals surface area contributed by atoms with E-state index in [1.165, 1.54) is 0 Å². The Kier molecular flexibility index (Phi) is 10.6. The zero-order chi connectivity index (χ0) is 13.5. The molecule has 0 aromatic rings. The van der Waals surface area contributed by atoms with Gasteiger partial charge in [-0.25, -0.2) is 13.1 Å². The Labute approximate surface area is 116 Å². The molecule has 0 fully saturated rings. The SMILES string of the molecule is CCC(C)C(N)C(=O)NCCNS(=O)(=O)CC.Cl. The minimum atomic E-state index is -3.19. The maximum absolute atomic E-state index is 11.5. The van der Waals surface area contributed by atoms with Gasteiger partial charge in [-0.2, -0.15) is 0 Å². The van der Waals surface area contributed by atoms with E-state index < -0.39 is 16.1 Å². The second kappa shape index (κ2) is 9.55. The van der Waals surface area contributed by atoms with E-state index in [1.54, 1.807) is 6.92 Å². The van der Waals surface area contributed by atoms with E-state index in [9.17, 15) is 13.2 Å². The fraction of sp³-hybridized carbons (Fsp3) is 0.900. The van der Waals surface area contributed by atoms with Gasteiger partial charge in [0.25, 0.3) is 0 Å². The van der Waals surface area contributed by atoms with Crippen LogP contribution in [0.1, 0.15) is 27.2 Å². The lowest BCUT2D eigenvalue weighted by atomic mass is 9.99. The summed E-state index contributed by atoms with van der Waals surface area (Å²) < 4.78 is 24.5. The van der Waals surface area contributed by atoms with Gasteiger partial charge in [-0.15, -0.1) is 12.4 Å². The van der Waals surface area contributed by atoms with Gasteiger partial charge in [-0.3, -0.25) is 4.79 Å². The third-order valence-corrected chi connectivity index (χ3v) is 4.09. The molecular weight excluding hydrogens is 278 g/mol. The number of nitrogens with one attached hydrogen (secondary N) is 2. The summed E-state index contributed by atoms with van der Waals surface area (Å²) in [6.45, 7) is 5.87. The summed E-state index contributed by atoms with van der Waals surface area (Å²) in [5.41, 5.74) is 5.71. The molecule has 0 aromatic heterocycles. The molecule has 0 aliphatic carbocycles.